The number of nitriles is 1. The summed E-state index contributed by atoms with van der Waals surface area (Å²) in [5.74, 6) is 0. The molecule has 0 fully saturated rings. The number of hydrogen-bond acceptors (Lipinski definition) is 3. The van der Waals surface area contributed by atoms with Gasteiger partial charge in [0.25, 0.3) is 0 Å². The third kappa shape index (κ3) is 2.26. The molecule has 0 aromatic heterocycles. The van der Waals surface area contributed by atoms with Crippen LogP contribution in [0.4, 0.5) is 0 Å². The minimum Gasteiger partial charge on any atom is -0.262 e. The minimum absolute atomic E-state index is 0.688. The summed E-state index contributed by atoms with van der Waals surface area (Å²) in [5.41, 5.74) is 1.81. The van der Waals surface area contributed by atoms with Crippen molar-refractivity contribution in [2.24, 2.45) is 0 Å². The SMILES string of the molecule is N#Cc1ccc(CNS)cc1. The first-order valence-electron chi connectivity index (χ1n) is 3.23. The topological polar surface area (TPSA) is 35.8 Å². The third-order valence-corrected chi connectivity index (χ3v) is 1.52. The summed E-state index contributed by atoms with van der Waals surface area (Å²) in [7, 11) is 0. The van der Waals surface area contributed by atoms with Crippen molar-refractivity contribution in [2.45, 2.75) is 6.54 Å². The average molecular weight is 164 g/mol. The number of hydrogen-bond donors (Lipinski definition) is 2. The Labute approximate surface area is 71.4 Å². The molecule has 0 unspecified atom stereocenters. The molecular formula is C8H8N2S. The van der Waals surface area contributed by atoms with Gasteiger partial charge in [-0.15, -0.1) is 0 Å². The summed E-state index contributed by atoms with van der Waals surface area (Å²) in [5, 5.41) is 8.48. The first-order chi connectivity index (χ1) is 5.36. The molecule has 1 N–H and O–H groups in total. The molecule has 0 saturated carbocycles. The van der Waals surface area contributed by atoms with E-state index >= 15 is 0 Å². The summed E-state index contributed by atoms with van der Waals surface area (Å²) >= 11 is 3.87. The van der Waals surface area contributed by atoms with Crippen LogP contribution in [0, 0.1) is 11.3 Å². The summed E-state index contributed by atoms with van der Waals surface area (Å²) in [4.78, 5) is 0. The fourth-order valence-electron chi connectivity index (χ4n) is 0.788. The number of nitrogens with one attached hydrogen (secondary N) is 1. The van der Waals surface area contributed by atoms with E-state index in [0.717, 1.165) is 12.1 Å². The third-order valence-electron chi connectivity index (χ3n) is 1.37. The zero-order valence-corrected chi connectivity index (χ0v) is 6.81. The van der Waals surface area contributed by atoms with Gasteiger partial charge in [-0.1, -0.05) is 24.9 Å². The van der Waals surface area contributed by atoms with Crippen molar-refractivity contribution < 1.29 is 0 Å². The molecule has 0 atom stereocenters. The first-order valence-corrected chi connectivity index (χ1v) is 3.67. The number of rotatable bonds is 2. The van der Waals surface area contributed by atoms with Crippen LogP contribution in [0.25, 0.3) is 0 Å². The molecule has 0 aliphatic heterocycles. The van der Waals surface area contributed by atoms with E-state index in [4.69, 9.17) is 5.26 Å². The first kappa shape index (κ1) is 8.12. The lowest BCUT2D eigenvalue weighted by Crippen LogP contribution is -1.97. The van der Waals surface area contributed by atoms with Crippen LogP contribution in [0.15, 0.2) is 24.3 Å². The molecule has 3 heteroatoms. The van der Waals surface area contributed by atoms with Crippen molar-refractivity contribution in [3.05, 3.63) is 35.4 Å². The van der Waals surface area contributed by atoms with Gasteiger partial charge in [0.1, 0.15) is 0 Å². The van der Waals surface area contributed by atoms with Gasteiger partial charge in [-0.05, 0) is 17.7 Å². The summed E-state index contributed by atoms with van der Waals surface area (Å²) in [6.07, 6.45) is 0. The van der Waals surface area contributed by atoms with Crippen molar-refractivity contribution in [1.29, 1.82) is 5.26 Å². The van der Waals surface area contributed by atoms with Crippen LogP contribution in [0.3, 0.4) is 0 Å². The van der Waals surface area contributed by atoms with Crippen LogP contribution in [-0.4, -0.2) is 0 Å². The maximum atomic E-state index is 8.48. The van der Waals surface area contributed by atoms with Gasteiger partial charge in [0.2, 0.25) is 0 Å². The van der Waals surface area contributed by atoms with Crippen LogP contribution in [0.2, 0.25) is 0 Å². The van der Waals surface area contributed by atoms with Gasteiger partial charge < -0.3 is 0 Å². The molecule has 1 aromatic rings. The Morgan fingerprint density at radius 3 is 2.45 bits per heavy atom. The van der Waals surface area contributed by atoms with E-state index in [2.05, 4.69) is 23.6 Å². The highest BCUT2D eigenvalue weighted by molar-refractivity contribution is 7.78. The Hall–Kier alpha value is -0.980. The van der Waals surface area contributed by atoms with E-state index < -0.39 is 0 Å². The number of nitrogens with zero attached hydrogens (tertiary/aromatic N) is 1. The van der Waals surface area contributed by atoms with E-state index in [1.54, 1.807) is 12.1 Å². The Kier molecular flexibility index (Phi) is 2.96. The lowest BCUT2D eigenvalue weighted by Gasteiger charge is -1.97. The minimum atomic E-state index is 0.688. The van der Waals surface area contributed by atoms with Gasteiger partial charge >= 0.3 is 0 Å². The molecule has 0 amide bonds. The normalized spacial score (nSPS) is 9.09. The van der Waals surface area contributed by atoms with Crippen LogP contribution >= 0.6 is 12.8 Å². The van der Waals surface area contributed by atoms with Crippen LogP contribution in [-0.2, 0) is 6.54 Å². The Morgan fingerprint density at radius 1 is 1.36 bits per heavy atom. The summed E-state index contributed by atoms with van der Waals surface area (Å²) < 4.78 is 2.73. The molecule has 11 heavy (non-hydrogen) atoms. The molecule has 56 valence electrons. The molecule has 0 bridgehead atoms. The largest absolute Gasteiger partial charge is 0.262 e. The van der Waals surface area contributed by atoms with E-state index in [9.17, 15) is 0 Å². The monoisotopic (exact) mass is 164 g/mol. The van der Waals surface area contributed by atoms with E-state index in [0.29, 0.717) is 5.56 Å². The molecule has 0 saturated heterocycles. The lowest BCUT2D eigenvalue weighted by atomic mass is 10.1. The zero-order chi connectivity index (χ0) is 8.10. The van der Waals surface area contributed by atoms with Crippen molar-refractivity contribution in [1.82, 2.24) is 4.72 Å². The predicted octanol–water partition coefficient (Wildman–Crippen LogP) is 1.49. The van der Waals surface area contributed by atoms with Crippen LogP contribution in [0.5, 0.6) is 0 Å². The fraction of sp³-hybridized carbons (Fsp3) is 0.125. The van der Waals surface area contributed by atoms with E-state index in [1.807, 2.05) is 12.1 Å². The lowest BCUT2D eigenvalue weighted by molar-refractivity contribution is 0.985. The second kappa shape index (κ2) is 4.02. The summed E-state index contributed by atoms with van der Waals surface area (Å²) in [6, 6.07) is 9.45. The average Bonchev–Trinajstić information content (AvgIpc) is 2.07. The van der Waals surface area contributed by atoms with Crippen molar-refractivity contribution in [3.8, 4) is 6.07 Å². The molecule has 2 nitrogen and oxygen atoms in total. The summed E-state index contributed by atoms with van der Waals surface area (Å²) in [6.45, 7) is 0.717. The maximum absolute atomic E-state index is 8.48. The molecule has 0 heterocycles. The van der Waals surface area contributed by atoms with Gasteiger partial charge in [-0.25, -0.2) is 0 Å². The highest BCUT2D eigenvalue weighted by Crippen LogP contribution is 2.02. The number of benzene rings is 1. The Morgan fingerprint density at radius 2 is 2.00 bits per heavy atom. The molecule has 0 spiro atoms. The molecule has 0 aliphatic carbocycles. The van der Waals surface area contributed by atoms with Crippen LogP contribution in [0.1, 0.15) is 11.1 Å². The second-order valence-electron chi connectivity index (χ2n) is 2.14. The van der Waals surface area contributed by atoms with Crippen molar-refractivity contribution >= 4 is 12.8 Å². The maximum Gasteiger partial charge on any atom is 0.0991 e. The molecule has 0 radical (unpaired) electrons. The van der Waals surface area contributed by atoms with Gasteiger partial charge in [-0.2, -0.15) is 5.26 Å². The van der Waals surface area contributed by atoms with Crippen molar-refractivity contribution in [3.63, 3.8) is 0 Å². The standard InChI is InChI=1S/C8H8N2S/c9-5-7-1-3-8(4-2-7)6-10-11/h1-4,10-11H,6H2. The second-order valence-corrected chi connectivity index (χ2v) is 2.46. The smallest absolute Gasteiger partial charge is 0.0991 e. The molecule has 1 aromatic carbocycles. The predicted molar refractivity (Wildman–Crippen MR) is 47.0 cm³/mol. The Bertz CT molecular complexity index is 260. The van der Waals surface area contributed by atoms with Gasteiger partial charge in [0, 0.05) is 6.54 Å². The fourth-order valence-corrected chi connectivity index (χ4v) is 0.971. The molecule has 1 rings (SSSR count). The van der Waals surface area contributed by atoms with E-state index in [1.165, 1.54) is 0 Å². The van der Waals surface area contributed by atoms with Crippen LogP contribution < -0.4 is 4.72 Å². The Balaban J connectivity index is 2.76. The van der Waals surface area contributed by atoms with Gasteiger partial charge in [0.15, 0.2) is 0 Å². The van der Waals surface area contributed by atoms with Crippen molar-refractivity contribution in [2.75, 3.05) is 0 Å². The molecular weight excluding hydrogens is 156 g/mol. The molecule has 0 aliphatic rings. The van der Waals surface area contributed by atoms with Gasteiger partial charge in [-0.3, -0.25) is 4.72 Å². The highest BCUT2D eigenvalue weighted by atomic mass is 32.1. The number of thiol groups is 1. The highest BCUT2D eigenvalue weighted by Gasteiger charge is 1.90. The zero-order valence-electron chi connectivity index (χ0n) is 5.91. The quantitative estimate of drug-likeness (QED) is 0.650. The van der Waals surface area contributed by atoms with E-state index in [-0.39, 0.29) is 0 Å². The van der Waals surface area contributed by atoms with Gasteiger partial charge in [0.05, 0.1) is 11.6 Å².